The van der Waals surface area contributed by atoms with Crippen molar-refractivity contribution < 1.29 is 33.3 Å². The van der Waals surface area contributed by atoms with Gasteiger partial charge in [0.25, 0.3) is 0 Å². The van der Waals surface area contributed by atoms with E-state index >= 15 is 0 Å². The van der Waals surface area contributed by atoms with Crippen molar-refractivity contribution >= 4 is 11.8 Å². The molecule has 198 valence electrons. The Morgan fingerprint density at radius 3 is 1.94 bits per heavy atom. The van der Waals surface area contributed by atoms with Gasteiger partial charge in [0.1, 0.15) is 18.3 Å². The van der Waals surface area contributed by atoms with Gasteiger partial charge in [0.15, 0.2) is 18.9 Å². The van der Waals surface area contributed by atoms with Gasteiger partial charge < -0.3 is 33.5 Å². The first kappa shape index (κ1) is 25.4. The smallest absolute Gasteiger partial charge is 0.226 e. The zero-order valence-corrected chi connectivity index (χ0v) is 21.6. The molecule has 2 aliphatic carbocycles. The number of rotatable bonds is 5. The predicted octanol–water partition coefficient (Wildman–Crippen LogP) is 2.72. The summed E-state index contributed by atoms with van der Waals surface area (Å²) in [6, 6.07) is 0. The average Bonchev–Trinajstić information content (AvgIpc) is 3.42. The Kier molecular flexibility index (Phi) is 7.70. The van der Waals surface area contributed by atoms with E-state index in [1.54, 1.807) is 9.80 Å². The maximum atomic E-state index is 13.1. The van der Waals surface area contributed by atoms with Gasteiger partial charge in [-0.25, -0.2) is 0 Å². The van der Waals surface area contributed by atoms with Gasteiger partial charge in [-0.1, -0.05) is 6.92 Å². The molecule has 5 aliphatic rings. The highest BCUT2D eigenvalue weighted by molar-refractivity contribution is 5.81. The molecule has 2 saturated carbocycles. The minimum absolute atomic E-state index is 0.0171. The summed E-state index contributed by atoms with van der Waals surface area (Å²) in [5.74, 6) is 1.35. The number of hydrogen-bond acceptors (Lipinski definition) is 7. The number of carbonyl (C=O) groups is 2. The van der Waals surface area contributed by atoms with Crippen molar-refractivity contribution in [2.75, 3.05) is 27.4 Å². The van der Waals surface area contributed by atoms with E-state index in [-0.39, 0.29) is 60.5 Å². The van der Waals surface area contributed by atoms with Crippen molar-refractivity contribution in [3.8, 4) is 0 Å². The number of hydrogen-bond donors (Lipinski definition) is 0. The molecular formula is C26H42N2O7. The quantitative estimate of drug-likeness (QED) is 0.543. The Hall–Kier alpha value is -1.26. The van der Waals surface area contributed by atoms with Gasteiger partial charge in [-0.05, 0) is 64.2 Å². The van der Waals surface area contributed by atoms with E-state index in [9.17, 15) is 9.59 Å². The van der Waals surface area contributed by atoms with Gasteiger partial charge in [-0.2, -0.15) is 0 Å². The van der Waals surface area contributed by atoms with E-state index in [4.69, 9.17) is 23.7 Å². The maximum Gasteiger partial charge on any atom is 0.226 e. The van der Waals surface area contributed by atoms with Gasteiger partial charge in [-0.3, -0.25) is 9.59 Å². The topological polar surface area (TPSA) is 86.8 Å². The van der Waals surface area contributed by atoms with Crippen molar-refractivity contribution in [3.63, 3.8) is 0 Å². The van der Waals surface area contributed by atoms with Gasteiger partial charge in [0.2, 0.25) is 11.8 Å². The molecule has 0 aromatic carbocycles. The summed E-state index contributed by atoms with van der Waals surface area (Å²) < 4.78 is 29.8. The summed E-state index contributed by atoms with van der Waals surface area (Å²) in [5.41, 5.74) is 0. The molecule has 0 spiro atoms. The van der Waals surface area contributed by atoms with Crippen LogP contribution in [0.2, 0.25) is 0 Å². The normalized spacial score (nSPS) is 43.3. The van der Waals surface area contributed by atoms with E-state index in [1.807, 2.05) is 21.0 Å². The number of carbonyl (C=O) groups excluding carboxylic acids is 2. The summed E-state index contributed by atoms with van der Waals surface area (Å²) >= 11 is 0. The Bertz CT molecular complexity index is 765. The fourth-order valence-corrected chi connectivity index (χ4v) is 6.50. The Morgan fingerprint density at radius 1 is 0.714 bits per heavy atom. The van der Waals surface area contributed by atoms with E-state index in [1.165, 1.54) is 0 Å². The van der Waals surface area contributed by atoms with Crippen LogP contribution in [0, 0.1) is 23.7 Å². The van der Waals surface area contributed by atoms with Crippen molar-refractivity contribution in [1.82, 2.24) is 9.80 Å². The lowest BCUT2D eigenvalue weighted by Gasteiger charge is -2.35. The van der Waals surface area contributed by atoms with E-state index in [2.05, 4.69) is 6.92 Å². The molecule has 0 aromatic heterocycles. The Morgan fingerprint density at radius 2 is 1.31 bits per heavy atom. The van der Waals surface area contributed by atoms with Crippen LogP contribution in [0.3, 0.4) is 0 Å². The second-order valence-electron chi connectivity index (χ2n) is 11.4. The molecule has 35 heavy (non-hydrogen) atoms. The molecule has 3 saturated heterocycles. The van der Waals surface area contributed by atoms with Crippen LogP contribution in [-0.4, -0.2) is 86.2 Å². The predicted molar refractivity (Wildman–Crippen MR) is 126 cm³/mol. The molecule has 5 fully saturated rings. The third kappa shape index (κ3) is 5.39. The number of nitrogens with zero attached hydrogens (tertiary/aromatic N) is 2. The van der Waals surface area contributed by atoms with Crippen LogP contribution in [0.4, 0.5) is 0 Å². The maximum absolute atomic E-state index is 13.1. The molecule has 2 amide bonds. The van der Waals surface area contributed by atoms with Crippen molar-refractivity contribution in [2.45, 2.75) is 102 Å². The molecule has 3 heterocycles. The lowest BCUT2D eigenvalue weighted by Crippen LogP contribution is -2.46. The first-order chi connectivity index (χ1) is 16.8. The summed E-state index contributed by atoms with van der Waals surface area (Å²) in [4.78, 5) is 29.4. The van der Waals surface area contributed by atoms with Crippen molar-refractivity contribution in [2.24, 2.45) is 23.7 Å². The molecule has 6 atom stereocenters. The first-order valence-electron chi connectivity index (χ1n) is 13.5. The standard InChI is InChI=1S/C26H42N2O7/c1-15-5-7-17(8-6-15)23(29)27(3)14-28(4)24(30)18-9-11-19(12-10-18)25-34-22-21-20(33-26(22)35-25)13-31-16(2)32-21/h15-22,25-26H,5-14H2,1-4H3. The highest BCUT2D eigenvalue weighted by Crippen LogP contribution is 2.42. The number of amides is 2. The third-order valence-corrected chi connectivity index (χ3v) is 8.72. The average molecular weight is 495 g/mol. The minimum atomic E-state index is -0.408. The van der Waals surface area contributed by atoms with Crippen molar-refractivity contribution in [3.05, 3.63) is 0 Å². The van der Waals surface area contributed by atoms with Gasteiger partial charge >= 0.3 is 0 Å². The Labute approximate surface area is 208 Å². The molecule has 3 aliphatic heterocycles. The van der Waals surface area contributed by atoms with E-state index in [0.717, 1.165) is 51.4 Å². The highest BCUT2D eigenvalue weighted by atomic mass is 16.8. The second-order valence-corrected chi connectivity index (χ2v) is 11.4. The highest BCUT2D eigenvalue weighted by Gasteiger charge is 2.56. The fourth-order valence-electron chi connectivity index (χ4n) is 6.50. The zero-order chi connectivity index (χ0) is 24.7. The fraction of sp³-hybridized carbons (Fsp3) is 0.923. The van der Waals surface area contributed by atoms with Crippen LogP contribution in [0.1, 0.15) is 65.2 Å². The van der Waals surface area contributed by atoms with Crippen LogP contribution >= 0.6 is 0 Å². The van der Waals surface area contributed by atoms with Crippen LogP contribution in [0.5, 0.6) is 0 Å². The van der Waals surface area contributed by atoms with Crippen LogP contribution in [0.15, 0.2) is 0 Å². The molecule has 6 unspecified atom stereocenters. The van der Waals surface area contributed by atoms with Crippen molar-refractivity contribution in [1.29, 1.82) is 0 Å². The monoisotopic (exact) mass is 494 g/mol. The van der Waals surface area contributed by atoms with E-state index < -0.39 is 6.29 Å². The van der Waals surface area contributed by atoms with Crippen LogP contribution in [0.25, 0.3) is 0 Å². The summed E-state index contributed by atoms with van der Waals surface area (Å²) in [7, 11) is 3.64. The summed E-state index contributed by atoms with van der Waals surface area (Å²) in [6.07, 6.45) is 6.01. The summed E-state index contributed by atoms with van der Waals surface area (Å²) in [6.45, 7) is 4.99. The zero-order valence-electron chi connectivity index (χ0n) is 21.6. The van der Waals surface area contributed by atoms with Gasteiger partial charge in [-0.15, -0.1) is 0 Å². The lowest BCUT2D eigenvalue weighted by atomic mass is 9.81. The lowest BCUT2D eigenvalue weighted by molar-refractivity contribution is -0.268. The molecule has 9 heteroatoms. The van der Waals surface area contributed by atoms with Crippen LogP contribution in [-0.2, 0) is 33.3 Å². The molecular weight excluding hydrogens is 452 g/mol. The molecule has 5 rings (SSSR count). The van der Waals surface area contributed by atoms with Gasteiger partial charge in [0.05, 0.1) is 13.3 Å². The molecule has 0 radical (unpaired) electrons. The minimum Gasteiger partial charge on any atom is -0.350 e. The Balaban J connectivity index is 1.06. The molecule has 0 aromatic rings. The second kappa shape index (κ2) is 10.6. The number of fused-ring (bicyclic) bond motifs is 3. The first-order valence-corrected chi connectivity index (χ1v) is 13.5. The molecule has 0 N–H and O–H groups in total. The SMILES string of the molecule is CC1CCC(C(=O)N(C)CN(C)C(=O)C2CCC(C3OC4OC5COC(C)OC5C4O3)CC2)CC1. The summed E-state index contributed by atoms with van der Waals surface area (Å²) in [5, 5.41) is 0. The third-order valence-electron chi connectivity index (χ3n) is 8.72. The van der Waals surface area contributed by atoms with Gasteiger partial charge in [0, 0.05) is 31.8 Å². The van der Waals surface area contributed by atoms with Crippen LogP contribution < -0.4 is 0 Å². The largest absolute Gasteiger partial charge is 0.350 e. The number of ether oxygens (including phenoxy) is 5. The molecule has 9 nitrogen and oxygen atoms in total. The van der Waals surface area contributed by atoms with E-state index in [0.29, 0.717) is 19.2 Å². The molecule has 0 bridgehead atoms.